The van der Waals surface area contributed by atoms with E-state index in [9.17, 15) is 19.8 Å². The summed E-state index contributed by atoms with van der Waals surface area (Å²) in [6.45, 7) is 4.89. The Balaban J connectivity index is 3.41. The minimum atomic E-state index is -0.668. The smallest absolute Gasteiger partial charge is 0.305 e. The Bertz CT molecular complexity index is 1090. The number of esters is 1. The highest BCUT2D eigenvalue weighted by Crippen LogP contribution is 2.17. The van der Waals surface area contributed by atoms with Crippen LogP contribution in [0.25, 0.3) is 0 Å². The van der Waals surface area contributed by atoms with Gasteiger partial charge < -0.3 is 20.3 Å². The third kappa shape index (κ3) is 53.3. The number of aliphatic hydroxyl groups is 2. The van der Waals surface area contributed by atoms with E-state index >= 15 is 0 Å². The van der Waals surface area contributed by atoms with Crippen LogP contribution < -0.4 is 5.32 Å². The third-order valence-electron chi connectivity index (χ3n) is 13.6. The fraction of sp³-hybridized carbons (Fsp3) is 0.869. The summed E-state index contributed by atoms with van der Waals surface area (Å²) < 4.78 is 5.46. The van der Waals surface area contributed by atoms with E-state index in [4.69, 9.17) is 4.74 Å². The second kappa shape index (κ2) is 56.7. The van der Waals surface area contributed by atoms with Gasteiger partial charge in [0.15, 0.2) is 0 Å². The molecule has 0 bridgehead atoms. The van der Waals surface area contributed by atoms with E-state index in [-0.39, 0.29) is 18.5 Å². The molecule has 0 aromatic rings. The molecule has 0 saturated carbocycles. The van der Waals surface area contributed by atoms with Crippen LogP contribution in [-0.4, -0.2) is 47.4 Å². The van der Waals surface area contributed by atoms with E-state index in [0.717, 1.165) is 51.4 Å². The third-order valence-corrected chi connectivity index (χ3v) is 13.6. The summed E-state index contributed by atoms with van der Waals surface area (Å²) in [7, 11) is 0. The molecule has 0 aromatic heterocycles. The topological polar surface area (TPSA) is 95.9 Å². The van der Waals surface area contributed by atoms with Gasteiger partial charge in [-0.25, -0.2) is 0 Å². The maximum Gasteiger partial charge on any atom is 0.305 e. The average Bonchev–Trinajstić information content (AvgIpc) is 3.33. The van der Waals surface area contributed by atoms with Gasteiger partial charge in [-0.2, -0.15) is 0 Å². The molecule has 394 valence electrons. The van der Waals surface area contributed by atoms with Gasteiger partial charge in [0.05, 0.1) is 25.4 Å². The Labute approximate surface area is 417 Å². The fourth-order valence-electron chi connectivity index (χ4n) is 9.08. The molecule has 0 spiro atoms. The van der Waals surface area contributed by atoms with Crippen molar-refractivity contribution in [3.63, 3.8) is 0 Å². The Hall–Kier alpha value is -1.92. The van der Waals surface area contributed by atoms with Crippen LogP contribution in [0.3, 0.4) is 0 Å². The largest absolute Gasteiger partial charge is 0.466 e. The number of allylic oxidation sites excluding steroid dienone is 6. The standard InChI is InChI=1S/C61H115NO5/c1-3-5-7-9-11-13-15-17-30-33-37-41-45-49-53-59(64)58(57-63)62-60(65)54-50-46-42-38-34-31-27-25-23-21-19-18-20-22-24-26-28-32-36-40-44-48-52-56-67-61(66)55-51-47-43-39-35-29-16-14-12-10-8-6-4-2/h8,10,14,16,21,23,58-59,63-64H,3-7,9,11-13,15,17-20,22,24-57H2,1-2H3,(H,62,65)/b10-8-,16-14-,23-21-. The van der Waals surface area contributed by atoms with Gasteiger partial charge in [0.1, 0.15) is 0 Å². The molecule has 0 aliphatic carbocycles. The molecule has 0 aliphatic rings. The summed E-state index contributed by atoms with van der Waals surface area (Å²) in [5.74, 6) is -0.0448. The molecule has 0 saturated heterocycles. The van der Waals surface area contributed by atoms with Crippen molar-refractivity contribution in [3.8, 4) is 0 Å². The lowest BCUT2D eigenvalue weighted by Gasteiger charge is -2.22. The molecule has 6 nitrogen and oxygen atoms in total. The minimum Gasteiger partial charge on any atom is -0.466 e. The van der Waals surface area contributed by atoms with Gasteiger partial charge in [0.2, 0.25) is 5.91 Å². The van der Waals surface area contributed by atoms with E-state index in [0.29, 0.717) is 25.9 Å². The zero-order valence-corrected chi connectivity index (χ0v) is 44.9. The van der Waals surface area contributed by atoms with Gasteiger partial charge in [-0.05, 0) is 77.0 Å². The lowest BCUT2D eigenvalue weighted by Crippen LogP contribution is -2.45. The molecular weight excluding hydrogens is 827 g/mol. The van der Waals surface area contributed by atoms with Crippen LogP contribution in [0, 0.1) is 0 Å². The van der Waals surface area contributed by atoms with Gasteiger partial charge in [0, 0.05) is 12.8 Å². The van der Waals surface area contributed by atoms with E-state index < -0.39 is 12.1 Å². The Morgan fingerprint density at radius 1 is 0.418 bits per heavy atom. The van der Waals surface area contributed by atoms with Crippen molar-refractivity contribution in [2.24, 2.45) is 0 Å². The Morgan fingerprint density at radius 3 is 1.21 bits per heavy atom. The number of hydrogen-bond acceptors (Lipinski definition) is 5. The Morgan fingerprint density at radius 2 is 0.776 bits per heavy atom. The van der Waals surface area contributed by atoms with Crippen LogP contribution in [0.4, 0.5) is 0 Å². The molecule has 6 heteroatoms. The maximum absolute atomic E-state index is 12.5. The number of carbonyl (C=O) groups is 2. The van der Waals surface area contributed by atoms with Crippen molar-refractivity contribution in [1.29, 1.82) is 0 Å². The van der Waals surface area contributed by atoms with Crippen molar-refractivity contribution in [2.45, 2.75) is 328 Å². The van der Waals surface area contributed by atoms with E-state index in [1.165, 1.54) is 231 Å². The summed E-state index contributed by atoms with van der Waals surface area (Å²) in [5.41, 5.74) is 0. The molecule has 67 heavy (non-hydrogen) atoms. The lowest BCUT2D eigenvalue weighted by atomic mass is 10.0. The molecule has 0 aromatic carbocycles. The first-order chi connectivity index (χ1) is 33.0. The van der Waals surface area contributed by atoms with Crippen LogP contribution in [0.1, 0.15) is 316 Å². The molecule has 1 amide bonds. The van der Waals surface area contributed by atoms with Crippen LogP contribution in [0.2, 0.25) is 0 Å². The monoisotopic (exact) mass is 942 g/mol. The van der Waals surface area contributed by atoms with E-state index in [1.807, 2.05) is 0 Å². The molecule has 0 rings (SSSR count). The predicted octanol–water partition coefficient (Wildman–Crippen LogP) is 18.4. The first-order valence-electron chi connectivity index (χ1n) is 29.7. The molecule has 2 atom stereocenters. The van der Waals surface area contributed by atoms with Gasteiger partial charge in [-0.15, -0.1) is 0 Å². The summed E-state index contributed by atoms with van der Waals surface area (Å²) in [5, 5.41) is 23.3. The van der Waals surface area contributed by atoms with Crippen LogP contribution in [0.15, 0.2) is 36.5 Å². The zero-order valence-electron chi connectivity index (χ0n) is 44.9. The SMILES string of the molecule is CCC/C=C\C/C=C\CCCCCCCC(=O)OCCCCCCCCCCCCCC/C=C\CCCCCCCCCC(=O)NC(CO)C(O)CCCCCCCCCCCCCCCC. The average molecular weight is 943 g/mol. The van der Waals surface area contributed by atoms with Gasteiger partial charge >= 0.3 is 5.97 Å². The quantitative estimate of drug-likeness (QED) is 0.0321. The van der Waals surface area contributed by atoms with Crippen molar-refractivity contribution in [1.82, 2.24) is 5.32 Å². The highest BCUT2D eigenvalue weighted by Gasteiger charge is 2.20. The molecule has 3 N–H and O–H groups in total. The highest BCUT2D eigenvalue weighted by molar-refractivity contribution is 5.76. The maximum atomic E-state index is 12.5. The molecule has 0 aliphatic heterocycles. The number of ether oxygens (including phenoxy) is 1. The van der Waals surface area contributed by atoms with Crippen LogP contribution >= 0.6 is 0 Å². The molecule has 2 unspecified atom stereocenters. The van der Waals surface area contributed by atoms with Crippen LogP contribution in [-0.2, 0) is 14.3 Å². The number of hydrogen-bond donors (Lipinski definition) is 3. The van der Waals surface area contributed by atoms with Crippen LogP contribution in [0.5, 0.6) is 0 Å². The summed E-state index contributed by atoms with van der Waals surface area (Å²) in [6.07, 6.45) is 70.0. The zero-order chi connectivity index (χ0) is 48.6. The van der Waals surface area contributed by atoms with Crippen molar-refractivity contribution < 1.29 is 24.5 Å². The second-order valence-electron chi connectivity index (χ2n) is 20.3. The molecular formula is C61H115NO5. The first kappa shape index (κ1) is 65.1. The van der Waals surface area contributed by atoms with Gasteiger partial charge in [0.25, 0.3) is 0 Å². The van der Waals surface area contributed by atoms with E-state index in [2.05, 4.69) is 55.6 Å². The number of unbranched alkanes of at least 4 members (excludes halogenated alkanes) is 38. The lowest BCUT2D eigenvalue weighted by molar-refractivity contribution is -0.143. The molecule has 0 radical (unpaired) electrons. The minimum absolute atomic E-state index is 0.00403. The van der Waals surface area contributed by atoms with Gasteiger partial charge in [-0.3, -0.25) is 9.59 Å². The molecule has 0 fully saturated rings. The number of carbonyl (C=O) groups excluding carboxylic acids is 2. The van der Waals surface area contributed by atoms with Gasteiger partial charge in [-0.1, -0.05) is 262 Å². The van der Waals surface area contributed by atoms with Crippen molar-refractivity contribution >= 4 is 11.9 Å². The second-order valence-corrected chi connectivity index (χ2v) is 20.3. The highest BCUT2D eigenvalue weighted by atomic mass is 16.5. The summed E-state index contributed by atoms with van der Waals surface area (Å²) >= 11 is 0. The van der Waals surface area contributed by atoms with E-state index in [1.54, 1.807) is 0 Å². The first-order valence-corrected chi connectivity index (χ1v) is 29.7. The van der Waals surface area contributed by atoms with Crippen molar-refractivity contribution in [2.75, 3.05) is 13.2 Å². The predicted molar refractivity (Wildman–Crippen MR) is 292 cm³/mol. The summed E-state index contributed by atoms with van der Waals surface area (Å²) in [4.78, 5) is 24.5. The number of nitrogens with one attached hydrogen (secondary N) is 1. The normalized spacial score (nSPS) is 12.8. The fourth-order valence-corrected chi connectivity index (χ4v) is 9.08. The Kier molecular flexibility index (Phi) is 55.0. The number of rotatable bonds is 55. The molecule has 0 heterocycles. The number of amides is 1. The van der Waals surface area contributed by atoms with Crippen molar-refractivity contribution in [3.05, 3.63) is 36.5 Å². The summed E-state index contributed by atoms with van der Waals surface area (Å²) in [6, 6.07) is -0.546. The number of aliphatic hydroxyl groups excluding tert-OH is 2.